The summed E-state index contributed by atoms with van der Waals surface area (Å²) in [5, 5.41) is 2.81. The molecule has 0 atom stereocenters. The lowest BCUT2D eigenvalue weighted by atomic mass is 10.3. The van der Waals surface area contributed by atoms with Crippen LogP contribution in [0.3, 0.4) is 0 Å². The van der Waals surface area contributed by atoms with E-state index in [1.807, 2.05) is 24.3 Å². The molecule has 1 rings (SSSR count). The van der Waals surface area contributed by atoms with Crippen molar-refractivity contribution < 1.29 is 14.3 Å². The number of nitrogens with two attached hydrogens (primary N) is 1. The van der Waals surface area contributed by atoms with E-state index in [-0.39, 0.29) is 18.3 Å². The van der Waals surface area contributed by atoms with E-state index in [1.165, 1.54) is 0 Å². The van der Waals surface area contributed by atoms with Crippen molar-refractivity contribution in [1.29, 1.82) is 0 Å². The molecule has 20 heavy (non-hydrogen) atoms. The molecular formula is C14H23ClN2O3. The fraction of sp³-hybridized carbons (Fsp3) is 0.500. The van der Waals surface area contributed by atoms with Crippen LogP contribution in [0.2, 0.25) is 0 Å². The van der Waals surface area contributed by atoms with Crippen molar-refractivity contribution in [1.82, 2.24) is 5.32 Å². The molecular weight excluding hydrogens is 280 g/mol. The molecule has 0 aromatic heterocycles. The Bertz CT molecular complexity index is 371. The van der Waals surface area contributed by atoms with Gasteiger partial charge in [0.1, 0.15) is 11.5 Å². The predicted octanol–water partition coefficient (Wildman–Crippen LogP) is 1.74. The molecule has 0 heterocycles. The second-order valence-electron chi connectivity index (χ2n) is 4.12. The molecule has 0 saturated carbocycles. The van der Waals surface area contributed by atoms with Crippen LogP contribution in [0.5, 0.6) is 11.5 Å². The number of amides is 1. The van der Waals surface area contributed by atoms with E-state index >= 15 is 0 Å². The molecule has 0 spiro atoms. The van der Waals surface area contributed by atoms with Gasteiger partial charge >= 0.3 is 0 Å². The van der Waals surface area contributed by atoms with Gasteiger partial charge in [0.2, 0.25) is 5.91 Å². The zero-order valence-electron chi connectivity index (χ0n) is 11.8. The number of hydrogen-bond acceptors (Lipinski definition) is 4. The number of rotatable bonds is 9. The average Bonchev–Trinajstić information content (AvgIpc) is 2.44. The van der Waals surface area contributed by atoms with Crippen molar-refractivity contribution in [2.24, 2.45) is 5.73 Å². The van der Waals surface area contributed by atoms with Crippen LogP contribution in [0.1, 0.15) is 19.3 Å². The van der Waals surface area contributed by atoms with Crippen LogP contribution >= 0.6 is 12.4 Å². The summed E-state index contributed by atoms with van der Waals surface area (Å²) < 4.78 is 10.6. The molecule has 0 aliphatic rings. The first-order valence-electron chi connectivity index (χ1n) is 6.50. The Morgan fingerprint density at radius 1 is 1.20 bits per heavy atom. The Hall–Kier alpha value is -1.46. The average molecular weight is 303 g/mol. The molecule has 0 radical (unpaired) electrons. The fourth-order valence-corrected chi connectivity index (χ4v) is 1.51. The third-order valence-electron chi connectivity index (χ3n) is 2.58. The van der Waals surface area contributed by atoms with E-state index in [2.05, 4.69) is 5.32 Å². The molecule has 3 N–H and O–H groups in total. The smallest absolute Gasteiger partial charge is 0.220 e. The Kier molecular flexibility index (Phi) is 10.5. The maximum Gasteiger partial charge on any atom is 0.220 e. The number of benzene rings is 1. The van der Waals surface area contributed by atoms with Gasteiger partial charge in [0.15, 0.2) is 0 Å². The zero-order chi connectivity index (χ0) is 13.9. The summed E-state index contributed by atoms with van der Waals surface area (Å²) >= 11 is 0. The molecule has 1 aromatic carbocycles. The number of methoxy groups -OCH3 is 1. The van der Waals surface area contributed by atoms with Crippen molar-refractivity contribution in [2.45, 2.75) is 19.3 Å². The Labute approximate surface area is 126 Å². The van der Waals surface area contributed by atoms with Gasteiger partial charge in [-0.25, -0.2) is 0 Å². The minimum atomic E-state index is 0. The largest absolute Gasteiger partial charge is 0.497 e. The maximum atomic E-state index is 11.4. The highest BCUT2D eigenvalue weighted by molar-refractivity contribution is 5.85. The highest BCUT2D eigenvalue weighted by Gasteiger charge is 2.01. The van der Waals surface area contributed by atoms with Gasteiger partial charge in [-0.3, -0.25) is 4.79 Å². The number of carbonyl (C=O) groups excluding carboxylic acids is 1. The van der Waals surface area contributed by atoms with Crippen LogP contribution in [-0.4, -0.2) is 32.7 Å². The van der Waals surface area contributed by atoms with Crippen molar-refractivity contribution >= 4 is 18.3 Å². The third kappa shape index (κ3) is 7.86. The minimum absolute atomic E-state index is 0. The third-order valence-corrected chi connectivity index (χ3v) is 2.58. The lowest BCUT2D eigenvalue weighted by molar-refractivity contribution is -0.121. The van der Waals surface area contributed by atoms with Crippen molar-refractivity contribution in [3.8, 4) is 11.5 Å². The zero-order valence-corrected chi connectivity index (χ0v) is 12.6. The number of ether oxygens (including phenoxy) is 2. The van der Waals surface area contributed by atoms with Crippen LogP contribution in [0.4, 0.5) is 0 Å². The summed E-state index contributed by atoms with van der Waals surface area (Å²) in [6.45, 7) is 1.77. The van der Waals surface area contributed by atoms with Crippen molar-refractivity contribution in [3.05, 3.63) is 24.3 Å². The summed E-state index contributed by atoms with van der Waals surface area (Å²) in [5.74, 6) is 1.63. The first-order chi connectivity index (χ1) is 9.26. The molecule has 1 amide bonds. The molecule has 5 nitrogen and oxygen atoms in total. The second kappa shape index (κ2) is 11.4. The summed E-state index contributed by atoms with van der Waals surface area (Å²) in [6, 6.07) is 7.38. The summed E-state index contributed by atoms with van der Waals surface area (Å²) in [4.78, 5) is 11.4. The van der Waals surface area contributed by atoms with Gasteiger partial charge in [-0.05, 0) is 43.7 Å². The van der Waals surface area contributed by atoms with E-state index in [0.29, 0.717) is 32.5 Å². The maximum absolute atomic E-state index is 11.4. The van der Waals surface area contributed by atoms with E-state index in [1.54, 1.807) is 7.11 Å². The van der Waals surface area contributed by atoms with Crippen molar-refractivity contribution in [2.75, 3.05) is 26.8 Å². The monoisotopic (exact) mass is 302 g/mol. The van der Waals surface area contributed by atoms with Gasteiger partial charge in [0.25, 0.3) is 0 Å². The summed E-state index contributed by atoms with van der Waals surface area (Å²) in [5.41, 5.74) is 5.34. The van der Waals surface area contributed by atoms with Gasteiger partial charge in [-0.1, -0.05) is 0 Å². The van der Waals surface area contributed by atoms with Crippen LogP contribution in [0.15, 0.2) is 24.3 Å². The molecule has 114 valence electrons. The molecule has 1 aromatic rings. The Balaban J connectivity index is 0.00000361. The quantitative estimate of drug-likeness (QED) is 0.682. The van der Waals surface area contributed by atoms with Gasteiger partial charge < -0.3 is 20.5 Å². The van der Waals surface area contributed by atoms with E-state index in [4.69, 9.17) is 15.2 Å². The van der Waals surface area contributed by atoms with E-state index < -0.39 is 0 Å². The summed E-state index contributed by atoms with van der Waals surface area (Å²) in [6.07, 6.45) is 1.98. The van der Waals surface area contributed by atoms with Crippen LogP contribution < -0.4 is 20.5 Å². The lowest BCUT2D eigenvalue weighted by Crippen LogP contribution is -2.26. The SMILES string of the molecule is COc1ccc(OCCCC(=O)NCCCN)cc1.Cl. The van der Waals surface area contributed by atoms with Crippen LogP contribution in [0, 0.1) is 0 Å². The standard InChI is InChI=1S/C14H22N2O3.ClH/c1-18-12-5-7-13(8-6-12)19-11-2-4-14(17)16-10-3-9-15;/h5-8H,2-4,9-11,15H2,1H3,(H,16,17);1H. The molecule has 0 unspecified atom stereocenters. The first kappa shape index (κ1) is 18.5. The summed E-state index contributed by atoms with van der Waals surface area (Å²) in [7, 11) is 1.62. The molecule has 0 saturated heterocycles. The highest BCUT2D eigenvalue weighted by Crippen LogP contribution is 2.17. The molecule has 0 aliphatic heterocycles. The number of nitrogens with one attached hydrogen (secondary N) is 1. The Morgan fingerprint density at radius 2 is 1.85 bits per heavy atom. The van der Waals surface area contributed by atoms with Crippen LogP contribution in [0.25, 0.3) is 0 Å². The molecule has 6 heteroatoms. The second-order valence-corrected chi connectivity index (χ2v) is 4.12. The minimum Gasteiger partial charge on any atom is -0.497 e. The lowest BCUT2D eigenvalue weighted by Gasteiger charge is -2.07. The topological polar surface area (TPSA) is 73.6 Å². The molecule has 0 aliphatic carbocycles. The van der Waals surface area contributed by atoms with Gasteiger partial charge in [-0.2, -0.15) is 0 Å². The van der Waals surface area contributed by atoms with Gasteiger partial charge in [0.05, 0.1) is 13.7 Å². The van der Waals surface area contributed by atoms with Crippen molar-refractivity contribution in [3.63, 3.8) is 0 Å². The number of halogens is 1. The normalized spacial score (nSPS) is 9.50. The van der Waals surface area contributed by atoms with E-state index in [9.17, 15) is 4.79 Å². The highest BCUT2D eigenvalue weighted by atomic mass is 35.5. The number of carbonyl (C=O) groups is 1. The molecule has 0 fully saturated rings. The first-order valence-corrected chi connectivity index (χ1v) is 6.50. The van der Waals surface area contributed by atoms with Crippen LogP contribution in [-0.2, 0) is 4.79 Å². The Morgan fingerprint density at radius 3 is 2.45 bits per heavy atom. The predicted molar refractivity (Wildman–Crippen MR) is 81.7 cm³/mol. The fourth-order valence-electron chi connectivity index (χ4n) is 1.51. The number of hydrogen-bond donors (Lipinski definition) is 2. The van der Waals surface area contributed by atoms with Gasteiger partial charge in [-0.15, -0.1) is 12.4 Å². The van der Waals surface area contributed by atoms with Gasteiger partial charge in [0, 0.05) is 13.0 Å². The van der Waals surface area contributed by atoms with E-state index in [0.717, 1.165) is 17.9 Å². The molecule has 0 bridgehead atoms.